The van der Waals surface area contributed by atoms with Crippen LogP contribution in [-0.2, 0) is 16.1 Å². The van der Waals surface area contributed by atoms with Crippen molar-refractivity contribution in [1.29, 1.82) is 0 Å². The third-order valence-electron chi connectivity index (χ3n) is 13.1. The fourth-order valence-corrected chi connectivity index (χ4v) is 11.0. The van der Waals surface area contributed by atoms with Gasteiger partial charge in [-0.15, -0.1) is 0 Å². The molecule has 1 amide bonds. The van der Waals surface area contributed by atoms with Crippen LogP contribution in [0.4, 0.5) is 33.6 Å². The summed E-state index contributed by atoms with van der Waals surface area (Å²) in [6.07, 6.45) is 6.30. The summed E-state index contributed by atoms with van der Waals surface area (Å²) < 4.78 is 75.8. The summed E-state index contributed by atoms with van der Waals surface area (Å²) in [7, 11) is 0. The first-order valence-corrected chi connectivity index (χ1v) is 18.8. The van der Waals surface area contributed by atoms with Crippen LogP contribution in [0.2, 0.25) is 0 Å². The predicted octanol–water partition coefficient (Wildman–Crippen LogP) is 7.36. The van der Waals surface area contributed by atoms with Gasteiger partial charge in [0.15, 0.2) is 0 Å². The second-order valence-electron chi connectivity index (χ2n) is 16.6. The molecule has 2 aromatic rings. The highest BCUT2D eigenvalue weighted by molar-refractivity contribution is 5.99. The summed E-state index contributed by atoms with van der Waals surface area (Å²) in [5.74, 6) is -4.51. The smallest absolute Gasteiger partial charge is 0.401 e. The van der Waals surface area contributed by atoms with Crippen molar-refractivity contribution in [1.82, 2.24) is 20.2 Å². The van der Waals surface area contributed by atoms with Gasteiger partial charge in [0.2, 0.25) is 5.95 Å². The van der Waals surface area contributed by atoms with E-state index in [2.05, 4.69) is 15.3 Å². The zero-order valence-electron chi connectivity index (χ0n) is 29.4. The minimum Gasteiger partial charge on any atom is -0.490 e. The van der Waals surface area contributed by atoms with E-state index in [1.54, 1.807) is 6.07 Å². The molecule has 9 nitrogen and oxygen atoms in total. The number of nitrogens with zero attached hydrogens (tertiary/aromatic N) is 4. The predicted molar refractivity (Wildman–Crippen MR) is 181 cm³/mol. The number of aromatic nitrogens is 2. The van der Waals surface area contributed by atoms with Crippen molar-refractivity contribution in [2.24, 2.45) is 23.7 Å². The van der Waals surface area contributed by atoms with Gasteiger partial charge in [-0.3, -0.25) is 9.69 Å². The molecule has 282 valence electrons. The molecule has 1 aromatic heterocycles. The van der Waals surface area contributed by atoms with Crippen LogP contribution >= 0.6 is 0 Å². The number of alkyl halides is 5. The highest BCUT2D eigenvalue weighted by atomic mass is 19.4. The number of halogens is 5. The Bertz CT molecular complexity index is 1690. The highest BCUT2D eigenvalue weighted by Gasteiger charge is 2.62. The van der Waals surface area contributed by atoms with Crippen LogP contribution in [0.15, 0.2) is 24.4 Å². The number of carboxylic acid groups (broad SMARTS) is 1. The van der Waals surface area contributed by atoms with Crippen molar-refractivity contribution in [2.75, 3.05) is 31.1 Å². The van der Waals surface area contributed by atoms with E-state index in [1.165, 1.54) is 4.90 Å². The number of likely N-dealkylation sites (tertiary alicyclic amines) is 1. The number of rotatable bonds is 8. The summed E-state index contributed by atoms with van der Waals surface area (Å²) in [5.41, 5.74) is -1.23. The molecule has 0 atom stereocenters. The second kappa shape index (κ2) is 12.8. The van der Waals surface area contributed by atoms with Crippen LogP contribution in [0.5, 0.6) is 5.75 Å². The van der Waals surface area contributed by atoms with Gasteiger partial charge in [0.05, 0.1) is 12.1 Å². The van der Waals surface area contributed by atoms with Crippen molar-refractivity contribution in [2.45, 2.75) is 113 Å². The van der Waals surface area contributed by atoms with E-state index in [-0.39, 0.29) is 29.3 Å². The van der Waals surface area contributed by atoms with Gasteiger partial charge in [-0.25, -0.2) is 14.8 Å². The second-order valence-corrected chi connectivity index (χ2v) is 16.6. The fourth-order valence-electron chi connectivity index (χ4n) is 11.0. The average molecular weight is 732 g/mol. The van der Waals surface area contributed by atoms with Crippen LogP contribution in [0.25, 0.3) is 0 Å². The molecule has 1 saturated heterocycles. The molecular weight excluding hydrogens is 685 g/mol. The van der Waals surface area contributed by atoms with Gasteiger partial charge in [-0.1, -0.05) is 19.3 Å². The first-order chi connectivity index (χ1) is 24.6. The van der Waals surface area contributed by atoms with Crippen LogP contribution < -0.4 is 15.0 Å². The number of benzene rings is 1. The van der Waals surface area contributed by atoms with E-state index in [4.69, 9.17) is 4.74 Å². The number of nitrogens with one attached hydrogen (secondary N) is 1. The van der Waals surface area contributed by atoms with Crippen LogP contribution in [0, 0.1) is 23.7 Å². The van der Waals surface area contributed by atoms with Crippen molar-refractivity contribution in [3.63, 3.8) is 0 Å². The lowest BCUT2D eigenvalue weighted by Crippen LogP contribution is -2.70. The van der Waals surface area contributed by atoms with E-state index in [0.717, 1.165) is 56.0 Å². The number of anilines is 2. The molecule has 0 unspecified atom stereocenters. The van der Waals surface area contributed by atoms with Crippen LogP contribution in [0.1, 0.15) is 106 Å². The van der Waals surface area contributed by atoms with E-state index in [0.29, 0.717) is 82.7 Å². The number of hydrogen-bond donors (Lipinski definition) is 2. The highest BCUT2D eigenvalue weighted by Crippen LogP contribution is 2.58. The molecule has 14 heteroatoms. The summed E-state index contributed by atoms with van der Waals surface area (Å²) in [4.78, 5) is 38.9. The molecule has 5 aliphatic carbocycles. The number of hydrogen-bond acceptors (Lipinski definition) is 7. The lowest BCUT2D eigenvalue weighted by Gasteiger charge is -2.59. The Morgan fingerprint density at radius 3 is 2.23 bits per heavy atom. The molecule has 1 aromatic carbocycles. The maximum Gasteiger partial charge on any atom is 0.401 e. The Balaban J connectivity index is 1.07. The largest absolute Gasteiger partial charge is 0.490 e. The lowest BCUT2D eigenvalue weighted by molar-refractivity contribution is -0.163. The normalized spacial score (nSPS) is 30.1. The average Bonchev–Trinajstić information content (AvgIpc) is 3.38. The molecule has 7 aliphatic rings. The molecule has 4 bridgehead atoms. The van der Waals surface area contributed by atoms with E-state index < -0.39 is 47.3 Å². The molecule has 0 radical (unpaired) electrons. The Labute approximate surface area is 299 Å². The Kier molecular flexibility index (Phi) is 8.73. The maximum absolute atomic E-state index is 15.4. The Hall–Kier alpha value is -3.55. The summed E-state index contributed by atoms with van der Waals surface area (Å²) in [6, 6.07) is 5.64. The van der Waals surface area contributed by atoms with Crippen molar-refractivity contribution in [3.05, 3.63) is 41.2 Å². The minimum atomic E-state index is -4.24. The molecule has 5 saturated carbocycles. The lowest BCUT2D eigenvalue weighted by atomic mass is 9.48. The van der Waals surface area contributed by atoms with Crippen LogP contribution in [0.3, 0.4) is 0 Å². The topological polar surface area (TPSA) is 108 Å². The molecular formula is C38H46F5N5O4. The van der Waals surface area contributed by atoms with Gasteiger partial charge >= 0.3 is 12.1 Å². The van der Waals surface area contributed by atoms with Crippen LogP contribution in [-0.4, -0.2) is 75.8 Å². The maximum atomic E-state index is 15.4. The molecule has 1 spiro atoms. The standard InChI is InChI=1S/C38H46F5N5O4/c1-35(39,40)31-28(32(49)46-38(33(50)51)24-14-22-13-23(16-24)17-25(38)15-22)19-44-34(45-31)48-20-36(9-3-2-4-10-36)29-18-27(5-6-30(29)48)52-26-7-11-47(12-8-26)21-37(41,42)43/h5-6,18-19,22-26H,2-4,7-17,20-21H2,1H3,(H,46,49)(H,50,51). The quantitative estimate of drug-likeness (QED) is 0.272. The zero-order chi connectivity index (χ0) is 36.6. The van der Waals surface area contributed by atoms with E-state index in [9.17, 15) is 27.9 Å². The van der Waals surface area contributed by atoms with E-state index in [1.807, 2.05) is 17.0 Å². The number of piperidine rings is 1. The molecule has 2 aliphatic heterocycles. The first kappa shape index (κ1) is 35.5. The Morgan fingerprint density at radius 2 is 1.63 bits per heavy atom. The minimum absolute atomic E-state index is 0.0325. The van der Waals surface area contributed by atoms with Crippen molar-refractivity contribution < 1.29 is 41.4 Å². The molecule has 3 heterocycles. The zero-order valence-corrected chi connectivity index (χ0v) is 29.4. The number of amides is 1. The molecule has 6 fully saturated rings. The molecule has 52 heavy (non-hydrogen) atoms. The summed E-state index contributed by atoms with van der Waals surface area (Å²) in [5, 5.41) is 13.3. The van der Waals surface area contributed by atoms with Crippen molar-refractivity contribution in [3.8, 4) is 5.75 Å². The van der Waals surface area contributed by atoms with Gasteiger partial charge in [0.1, 0.15) is 23.1 Å². The third-order valence-corrected chi connectivity index (χ3v) is 13.1. The van der Waals surface area contributed by atoms with Crippen molar-refractivity contribution >= 4 is 23.5 Å². The summed E-state index contributed by atoms with van der Waals surface area (Å²) >= 11 is 0. The fraction of sp³-hybridized carbons (Fsp3) is 0.684. The van der Waals surface area contributed by atoms with Gasteiger partial charge in [0, 0.05) is 43.9 Å². The SMILES string of the molecule is CC(F)(F)c1nc(N2CC3(CCCCC3)c3cc(OC4CCN(CC(F)(F)F)CC4)ccc32)ncc1C(=O)NC1(C(=O)O)C2CC3CC(C2)CC1C3. The summed E-state index contributed by atoms with van der Waals surface area (Å²) in [6.45, 7) is 0.796. The first-order valence-electron chi connectivity index (χ1n) is 18.8. The number of carbonyl (C=O) groups excluding carboxylic acids is 1. The third kappa shape index (κ3) is 6.30. The monoisotopic (exact) mass is 731 g/mol. The van der Waals surface area contributed by atoms with Gasteiger partial charge in [-0.2, -0.15) is 22.0 Å². The van der Waals surface area contributed by atoms with Gasteiger partial charge in [0.25, 0.3) is 11.8 Å². The number of ether oxygens (including phenoxy) is 1. The number of carbonyl (C=O) groups is 2. The number of fused-ring (bicyclic) bond motifs is 2. The van der Waals surface area contributed by atoms with Gasteiger partial charge in [-0.05, 0) is 105 Å². The number of carboxylic acids is 1. The number of aliphatic carboxylic acids is 1. The Morgan fingerprint density at radius 1 is 0.981 bits per heavy atom. The van der Waals surface area contributed by atoms with Gasteiger partial charge < -0.3 is 20.1 Å². The molecule has 9 rings (SSSR count). The molecule has 2 N–H and O–H groups in total. The van der Waals surface area contributed by atoms with E-state index >= 15 is 8.78 Å².